The Balaban J connectivity index is 0.000000219. The Morgan fingerprint density at radius 3 is 2.29 bits per heavy atom. The van der Waals surface area contributed by atoms with Crippen LogP contribution in [0.15, 0.2) is 48.8 Å². The molecule has 2 saturated heterocycles. The Hall–Kier alpha value is -3.27. The highest BCUT2D eigenvalue weighted by Gasteiger charge is 2.26. The maximum atomic E-state index is 14.8. The summed E-state index contributed by atoms with van der Waals surface area (Å²) in [7, 11) is 1.50. The molecule has 2 aliphatic heterocycles. The van der Waals surface area contributed by atoms with Crippen LogP contribution in [0.25, 0.3) is 11.1 Å². The zero-order valence-corrected chi connectivity index (χ0v) is 25.3. The van der Waals surface area contributed by atoms with E-state index in [1.165, 1.54) is 19.8 Å². The molecule has 3 heterocycles. The number of nitrogens with zero attached hydrogens (tertiary/aromatic N) is 4. The number of aryl methyl sites for hydroxylation is 1. The summed E-state index contributed by atoms with van der Waals surface area (Å²) in [6.45, 7) is 3.00. The molecule has 11 heteroatoms. The second-order valence-corrected chi connectivity index (χ2v) is 10.9. The van der Waals surface area contributed by atoms with E-state index in [1.807, 2.05) is 40.1 Å². The van der Waals surface area contributed by atoms with Crippen LogP contribution < -0.4 is 15.5 Å². The summed E-state index contributed by atoms with van der Waals surface area (Å²) in [5.74, 6) is -0.399. The molecular formula is C31H38Cl2FN5O3. The maximum absolute atomic E-state index is 14.8. The number of carbonyl (C=O) groups excluding carboxylic acids is 1. The zero-order chi connectivity index (χ0) is 30.5. The van der Waals surface area contributed by atoms with Crippen molar-refractivity contribution >= 4 is 47.1 Å². The largest absolute Gasteiger partial charge is 0.481 e. The van der Waals surface area contributed by atoms with E-state index in [0.29, 0.717) is 34.6 Å². The Morgan fingerprint density at radius 1 is 1.00 bits per heavy atom. The molecule has 0 saturated carbocycles. The van der Waals surface area contributed by atoms with Gasteiger partial charge in [0, 0.05) is 54.1 Å². The number of piperidine rings is 2. The molecule has 0 amide bonds. The number of carboxylic acid groups (broad SMARTS) is 1. The summed E-state index contributed by atoms with van der Waals surface area (Å²) in [4.78, 5) is 33.6. The molecule has 3 aromatic rings. The van der Waals surface area contributed by atoms with E-state index >= 15 is 0 Å². The highest BCUT2D eigenvalue weighted by atomic mass is 35.5. The first kappa shape index (κ1) is 33.2. The lowest BCUT2D eigenvalue weighted by atomic mass is 10.00. The molecule has 0 spiro atoms. The summed E-state index contributed by atoms with van der Waals surface area (Å²) < 4.78 is 14.8. The van der Waals surface area contributed by atoms with Crippen molar-refractivity contribution in [1.82, 2.24) is 9.97 Å². The lowest BCUT2D eigenvalue weighted by molar-refractivity contribution is -0.137. The van der Waals surface area contributed by atoms with Crippen molar-refractivity contribution in [1.29, 1.82) is 0 Å². The first-order chi connectivity index (χ1) is 20.4. The highest BCUT2D eigenvalue weighted by molar-refractivity contribution is 6.35. The van der Waals surface area contributed by atoms with Crippen LogP contribution in [0, 0.1) is 11.7 Å². The third-order valence-corrected chi connectivity index (χ3v) is 7.74. The van der Waals surface area contributed by atoms with E-state index in [2.05, 4.69) is 15.7 Å². The van der Waals surface area contributed by atoms with Gasteiger partial charge in [0.25, 0.3) is 0 Å². The van der Waals surface area contributed by atoms with Gasteiger partial charge in [-0.2, -0.15) is 4.39 Å². The SMILES string of the molecule is CN.O=C(O)CCc1ccc(-c2cc(Cl)ccc2Cl)cc1.O=CC1CCCN(c2ncnc(N3CCCCC3)c2F)C1. The smallest absolute Gasteiger partial charge is 0.303 e. The molecule has 42 heavy (non-hydrogen) atoms. The fraction of sp³-hybridized carbons (Fsp3) is 0.419. The number of rotatable bonds is 7. The molecule has 1 unspecified atom stereocenters. The lowest BCUT2D eigenvalue weighted by Gasteiger charge is -2.33. The molecule has 1 aromatic heterocycles. The molecule has 2 fully saturated rings. The van der Waals surface area contributed by atoms with Crippen LogP contribution in [-0.2, 0) is 16.0 Å². The number of aldehydes is 1. The minimum Gasteiger partial charge on any atom is -0.481 e. The van der Waals surface area contributed by atoms with E-state index < -0.39 is 5.97 Å². The number of carboxylic acids is 1. The fourth-order valence-corrected chi connectivity index (χ4v) is 5.43. The van der Waals surface area contributed by atoms with Crippen LogP contribution >= 0.6 is 23.2 Å². The first-order valence-electron chi connectivity index (χ1n) is 14.1. The van der Waals surface area contributed by atoms with Crippen LogP contribution in [0.5, 0.6) is 0 Å². The van der Waals surface area contributed by atoms with Gasteiger partial charge in [0.05, 0.1) is 0 Å². The Labute approximate surface area is 256 Å². The summed E-state index contributed by atoms with van der Waals surface area (Å²) in [5.41, 5.74) is 7.33. The van der Waals surface area contributed by atoms with Gasteiger partial charge in [-0.3, -0.25) is 4.79 Å². The molecule has 226 valence electrons. The van der Waals surface area contributed by atoms with Crippen LogP contribution in [-0.4, -0.2) is 60.6 Å². The van der Waals surface area contributed by atoms with E-state index in [1.54, 1.807) is 12.1 Å². The lowest BCUT2D eigenvalue weighted by Crippen LogP contribution is -2.38. The Kier molecular flexibility index (Phi) is 13.4. The van der Waals surface area contributed by atoms with Crippen LogP contribution in [0.2, 0.25) is 10.0 Å². The maximum Gasteiger partial charge on any atom is 0.303 e. The number of halogens is 3. The van der Waals surface area contributed by atoms with Gasteiger partial charge in [-0.25, -0.2) is 9.97 Å². The van der Waals surface area contributed by atoms with Gasteiger partial charge in [0.1, 0.15) is 12.6 Å². The normalized spacial score (nSPS) is 16.5. The Morgan fingerprint density at radius 2 is 1.64 bits per heavy atom. The van der Waals surface area contributed by atoms with Crippen LogP contribution in [0.3, 0.4) is 0 Å². The van der Waals surface area contributed by atoms with Crippen molar-refractivity contribution in [3.63, 3.8) is 0 Å². The van der Waals surface area contributed by atoms with Crippen molar-refractivity contribution in [3.8, 4) is 11.1 Å². The molecule has 2 aromatic carbocycles. The number of hydrogen-bond donors (Lipinski definition) is 2. The minimum absolute atomic E-state index is 0.0217. The van der Waals surface area contributed by atoms with Gasteiger partial charge in [-0.05, 0) is 74.9 Å². The van der Waals surface area contributed by atoms with Gasteiger partial charge < -0.3 is 25.4 Å². The van der Waals surface area contributed by atoms with E-state index in [-0.39, 0.29) is 18.2 Å². The van der Waals surface area contributed by atoms with Crippen molar-refractivity contribution in [2.24, 2.45) is 11.7 Å². The van der Waals surface area contributed by atoms with Crippen LogP contribution in [0.4, 0.5) is 16.0 Å². The van der Waals surface area contributed by atoms with Crippen molar-refractivity contribution in [3.05, 3.63) is 70.2 Å². The van der Waals surface area contributed by atoms with Crippen molar-refractivity contribution < 1.29 is 19.1 Å². The molecule has 0 radical (unpaired) electrons. The standard InChI is InChI=1S/C15H12Cl2O2.C15H21FN4O.CH5N/c16-12-6-7-14(17)13(9-12)11-4-1-10(2-5-11)3-8-15(18)19;16-13-14(19-6-2-1-3-7-19)17-11-18-15(13)20-8-4-5-12(9-20)10-21;1-2/h1-2,4-7,9H,3,8H2,(H,18,19);10-12H,1-9H2;2H2,1H3. The van der Waals surface area contributed by atoms with Crippen molar-refractivity contribution in [2.45, 2.75) is 44.9 Å². The van der Waals surface area contributed by atoms with E-state index in [0.717, 1.165) is 68.3 Å². The summed E-state index contributed by atoms with van der Waals surface area (Å²) in [5, 5.41) is 9.92. The van der Waals surface area contributed by atoms with Gasteiger partial charge in [-0.15, -0.1) is 0 Å². The number of hydrogen-bond acceptors (Lipinski definition) is 7. The molecule has 0 aliphatic carbocycles. The number of nitrogens with two attached hydrogens (primary N) is 1. The van der Waals surface area contributed by atoms with E-state index in [4.69, 9.17) is 28.3 Å². The number of anilines is 2. The fourth-order valence-electron chi connectivity index (χ4n) is 5.03. The number of aliphatic carboxylic acids is 1. The second-order valence-electron chi connectivity index (χ2n) is 10.1. The summed E-state index contributed by atoms with van der Waals surface area (Å²) in [6.07, 6.45) is 8.20. The monoisotopic (exact) mass is 617 g/mol. The summed E-state index contributed by atoms with van der Waals surface area (Å²) >= 11 is 12.1. The quantitative estimate of drug-likeness (QED) is 0.298. The topological polar surface area (TPSA) is 113 Å². The third kappa shape index (κ3) is 9.37. The highest BCUT2D eigenvalue weighted by Crippen LogP contribution is 2.31. The zero-order valence-electron chi connectivity index (χ0n) is 23.8. The molecule has 2 aliphatic rings. The van der Waals surface area contributed by atoms with Gasteiger partial charge >= 0.3 is 5.97 Å². The van der Waals surface area contributed by atoms with Gasteiger partial charge in [0.15, 0.2) is 11.6 Å². The molecule has 8 nitrogen and oxygen atoms in total. The average molecular weight is 619 g/mol. The average Bonchev–Trinajstić information content (AvgIpc) is 3.03. The molecule has 1 atom stereocenters. The predicted octanol–water partition coefficient (Wildman–Crippen LogP) is 6.27. The minimum atomic E-state index is -0.790. The summed E-state index contributed by atoms with van der Waals surface area (Å²) in [6, 6.07) is 13.0. The number of aromatic nitrogens is 2. The van der Waals surface area contributed by atoms with Crippen molar-refractivity contribution in [2.75, 3.05) is 43.0 Å². The predicted molar refractivity (Wildman–Crippen MR) is 167 cm³/mol. The van der Waals surface area contributed by atoms with E-state index in [9.17, 15) is 14.0 Å². The van der Waals surface area contributed by atoms with Crippen LogP contribution in [0.1, 0.15) is 44.1 Å². The molecule has 0 bridgehead atoms. The second kappa shape index (κ2) is 17.0. The first-order valence-corrected chi connectivity index (χ1v) is 14.9. The molecule has 5 rings (SSSR count). The van der Waals surface area contributed by atoms with Gasteiger partial charge in [0.2, 0.25) is 5.82 Å². The number of carbonyl (C=O) groups is 2. The number of benzene rings is 2. The van der Waals surface area contributed by atoms with Gasteiger partial charge in [-0.1, -0.05) is 47.5 Å². The molecule has 3 N–H and O–H groups in total. The Bertz CT molecular complexity index is 1310. The third-order valence-electron chi connectivity index (χ3n) is 7.18. The molecular weight excluding hydrogens is 580 g/mol.